The number of carbonyl (C=O) groups excluding carboxylic acids is 1. The molecule has 3 heteroatoms. The standard InChI is InChI=1S/C37H25BrO2/c38-31-23-21-30(22-24-31)36-33(25-32(26-13-5-1-6-14-26)27-15-7-2-8-16-27)34(35(39)28-17-9-3-10-18-28)37(40-36)29-19-11-4-12-20-29/h1-25H. The van der Waals surface area contributed by atoms with Crippen LogP contribution >= 0.6 is 15.9 Å². The highest BCUT2D eigenvalue weighted by atomic mass is 79.9. The summed E-state index contributed by atoms with van der Waals surface area (Å²) in [5.41, 5.74) is 6.74. The maximum Gasteiger partial charge on any atom is 0.197 e. The molecular weight excluding hydrogens is 556 g/mol. The zero-order valence-electron chi connectivity index (χ0n) is 21.6. The van der Waals surface area contributed by atoms with Crippen LogP contribution in [0.2, 0.25) is 0 Å². The van der Waals surface area contributed by atoms with Crippen LogP contribution in [0.4, 0.5) is 0 Å². The van der Waals surface area contributed by atoms with Crippen molar-refractivity contribution in [1.29, 1.82) is 0 Å². The van der Waals surface area contributed by atoms with E-state index in [-0.39, 0.29) is 5.78 Å². The summed E-state index contributed by atoms with van der Waals surface area (Å²) in [4.78, 5) is 14.3. The smallest absolute Gasteiger partial charge is 0.197 e. The number of furan rings is 1. The van der Waals surface area contributed by atoms with Crippen molar-refractivity contribution in [2.24, 2.45) is 0 Å². The quantitative estimate of drug-likeness (QED) is 0.176. The fourth-order valence-electron chi connectivity index (χ4n) is 4.86. The van der Waals surface area contributed by atoms with E-state index < -0.39 is 0 Å². The van der Waals surface area contributed by atoms with Crippen LogP contribution in [-0.2, 0) is 0 Å². The van der Waals surface area contributed by atoms with Gasteiger partial charge >= 0.3 is 0 Å². The summed E-state index contributed by atoms with van der Waals surface area (Å²) in [6, 6.07) is 47.8. The predicted octanol–water partition coefficient (Wildman–Crippen LogP) is 10.2. The molecule has 0 saturated heterocycles. The fourth-order valence-corrected chi connectivity index (χ4v) is 5.13. The van der Waals surface area contributed by atoms with Gasteiger partial charge in [0.25, 0.3) is 0 Å². The lowest BCUT2D eigenvalue weighted by atomic mass is 9.90. The molecule has 0 atom stereocenters. The summed E-state index contributed by atoms with van der Waals surface area (Å²) < 4.78 is 7.66. The molecule has 6 rings (SSSR count). The molecule has 0 unspecified atom stereocenters. The van der Waals surface area contributed by atoms with Crippen LogP contribution in [0, 0.1) is 0 Å². The van der Waals surface area contributed by atoms with E-state index in [4.69, 9.17) is 4.42 Å². The molecule has 1 aromatic heterocycles. The zero-order chi connectivity index (χ0) is 27.3. The maximum absolute atomic E-state index is 14.3. The van der Waals surface area contributed by atoms with Gasteiger partial charge in [-0.1, -0.05) is 149 Å². The first-order chi connectivity index (χ1) is 19.7. The third-order valence-electron chi connectivity index (χ3n) is 6.81. The average Bonchev–Trinajstić information content (AvgIpc) is 3.40. The van der Waals surface area contributed by atoms with Gasteiger partial charge in [-0.05, 0) is 34.9 Å². The lowest BCUT2D eigenvalue weighted by Gasteiger charge is -2.11. The highest BCUT2D eigenvalue weighted by molar-refractivity contribution is 9.10. The highest BCUT2D eigenvalue weighted by Gasteiger charge is 2.28. The minimum absolute atomic E-state index is 0.0849. The average molecular weight is 582 g/mol. The molecule has 2 nitrogen and oxygen atoms in total. The lowest BCUT2D eigenvalue weighted by Crippen LogP contribution is -2.04. The molecule has 192 valence electrons. The second kappa shape index (κ2) is 11.6. The van der Waals surface area contributed by atoms with Crippen LogP contribution < -0.4 is 0 Å². The van der Waals surface area contributed by atoms with Gasteiger partial charge in [0, 0.05) is 26.7 Å². The van der Waals surface area contributed by atoms with Gasteiger partial charge in [0.1, 0.15) is 11.5 Å². The van der Waals surface area contributed by atoms with E-state index >= 15 is 0 Å². The Hall–Kier alpha value is -4.73. The molecule has 0 spiro atoms. The number of halogens is 1. The molecule has 0 bridgehead atoms. The lowest BCUT2D eigenvalue weighted by molar-refractivity contribution is 0.103. The normalized spacial score (nSPS) is 10.7. The Morgan fingerprint density at radius 1 is 0.525 bits per heavy atom. The summed E-state index contributed by atoms with van der Waals surface area (Å²) >= 11 is 3.55. The Balaban J connectivity index is 1.70. The minimum Gasteiger partial charge on any atom is -0.455 e. The summed E-state index contributed by atoms with van der Waals surface area (Å²) in [5, 5.41) is 0. The largest absolute Gasteiger partial charge is 0.455 e. The number of hydrogen-bond donors (Lipinski definition) is 0. The van der Waals surface area contributed by atoms with Crippen molar-refractivity contribution in [3.05, 3.63) is 178 Å². The summed E-state index contributed by atoms with van der Waals surface area (Å²) in [6.45, 7) is 0. The van der Waals surface area contributed by atoms with Crippen LogP contribution in [0.1, 0.15) is 32.6 Å². The van der Waals surface area contributed by atoms with Crippen LogP contribution in [0.3, 0.4) is 0 Å². The van der Waals surface area contributed by atoms with Gasteiger partial charge in [0.05, 0.1) is 5.56 Å². The van der Waals surface area contributed by atoms with Gasteiger partial charge in [-0.15, -0.1) is 0 Å². The topological polar surface area (TPSA) is 30.2 Å². The van der Waals surface area contributed by atoms with Gasteiger partial charge in [-0.3, -0.25) is 4.79 Å². The van der Waals surface area contributed by atoms with Gasteiger partial charge in [-0.2, -0.15) is 0 Å². The summed E-state index contributed by atoms with van der Waals surface area (Å²) in [7, 11) is 0. The summed E-state index contributed by atoms with van der Waals surface area (Å²) in [6.07, 6.45) is 2.11. The highest BCUT2D eigenvalue weighted by Crippen LogP contribution is 2.41. The van der Waals surface area contributed by atoms with Gasteiger partial charge in [0.15, 0.2) is 5.78 Å². The summed E-state index contributed by atoms with van der Waals surface area (Å²) in [5.74, 6) is 1.12. The van der Waals surface area contributed by atoms with Crippen LogP contribution in [0.25, 0.3) is 34.3 Å². The van der Waals surface area contributed by atoms with Gasteiger partial charge in [-0.25, -0.2) is 0 Å². The van der Waals surface area contributed by atoms with Crippen LogP contribution in [-0.4, -0.2) is 5.78 Å². The first-order valence-electron chi connectivity index (χ1n) is 13.1. The fraction of sp³-hybridized carbons (Fsp3) is 0. The van der Waals surface area contributed by atoms with E-state index in [1.165, 1.54) is 0 Å². The molecule has 0 aliphatic rings. The number of benzene rings is 5. The molecule has 40 heavy (non-hydrogen) atoms. The molecule has 0 fully saturated rings. The molecule has 0 radical (unpaired) electrons. The van der Waals surface area contributed by atoms with Crippen molar-refractivity contribution in [2.45, 2.75) is 0 Å². The minimum atomic E-state index is -0.0849. The number of hydrogen-bond acceptors (Lipinski definition) is 2. The molecule has 0 aliphatic carbocycles. The third-order valence-corrected chi connectivity index (χ3v) is 7.34. The first kappa shape index (κ1) is 25.5. The van der Waals surface area contributed by atoms with Crippen molar-refractivity contribution >= 4 is 33.4 Å². The van der Waals surface area contributed by atoms with Crippen LogP contribution in [0.5, 0.6) is 0 Å². The molecular formula is C37H25BrO2. The van der Waals surface area contributed by atoms with Crippen molar-refractivity contribution < 1.29 is 9.21 Å². The molecule has 1 heterocycles. The maximum atomic E-state index is 14.3. The monoisotopic (exact) mass is 580 g/mol. The molecule has 0 aliphatic heterocycles. The predicted molar refractivity (Wildman–Crippen MR) is 167 cm³/mol. The van der Waals surface area contributed by atoms with Crippen molar-refractivity contribution in [2.75, 3.05) is 0 Å². The van der Waals surface area contributed by atoms with Crippen LogP contribution in [0.15, 0.2) is 154 Å². The van der Waals surface area contributed by atoms with Crippen molar-refractivity contribution in [3.63, 3.8) is 0 Å². The number of ketones is 1. The molecule has 5 aromatic carbocycles. The van der Waals surface area contributed by atoms with E-state index in [2.05, 4.69) is 46.3 Å². The van der Waals surface area contributed by atoms with E-state index in [1.807, 2.05) is 121 Å². The van der Waals surface area contributed by atoms with E-state index in [0.717, 1.165) is 37.9 Å². The molecule has 0 saturated carbocycles. The second-order valence-electron chi connectivity index (χ2n) is 9.41. The van der Waals surface area contributed by atoms with Crippen molar-refractivity contribution in [1.82, 2.24) is 0 Å². The number of rotatable bonds is 7. The molecule has 6 aromatic rings. The zero-order valence-corrected chi connectivity index (χ0v) is 23.2. The van der Waals surface area contributed by atoms with Crippen molar-refractivity contribution in [3.8, 4) is 22.6 Å². The Morgan fingerprint density at radius 3 is 1.50 bits per heavy atom. The van der Waals surface area contributed by atoms with E-state index in [1.54, 1.807) is 0 Å². The first-order valence-corrected chi connectivity index (χ1v) is 13.9. The third kappa shape index (κ3) is 5.25. The molecule has 0 N–H and O–H groups in total. The Bertz CT molecular complexity index is 1730. The number of carbonyl (C=O) groups is 1. The Kier molecular flexibility index (Phi) is 7.39. The van der Waals surface area contributed by atoms with E-state index in [0.29, 0.717) is 22.6 Å². The van der Waals surface area contributed by atoms with Gasteiger partial charge in [0.2, 0.25) is 0 Å². The van der Waals surface area contributed by atoms with Gasteiger partial charge < -0.3 is 4.42 Å². The molecule has 0 amide bonds. The Morgan fingerprint density at radius 2 is 0.975 bits per heavy atom. The Labute approximate surface area is 242 Å². The SMILES string of the molecule is O=C(c1ccccc1)c1c(-c2ccccc2)oc(-c2ccc(Br)cc2)c1C=C(c1ccccc1)c1ccccc1. The second-order valence-corrected chi connectivity index (χ2v) is 10.3. The van der Waals surface area contributed by atoms with E-state index in [9.17, 15) is 4.79 Å².